The molecule has 0 amide bonds. The van der Waals surface area contributed by atoms with E-state index in [1.165, 1.54) is 30.3 Å². The van der Waals surface area contributed by atoms with Crippen LogP contribution in [0.25, 0.3) is 0 Å². The third-order valence-electron chi connectivity index (χ3n) is 3.77. The summed E-state index contributed by atoms with van der Waals surface area (Å²) in [5.74, 6) is -1.62. The number of benzene rings is 2. The first-order valence-electron chi connectivity index (χ1n) is 8.51. The van der Waals surface area contributed by atoms with E-state index in [1.807, 2.05) is 6.92 Å². The first-order chi connectivity index (χ1) is 13.1. The molecule has 2 rings (SSSR count). The van der Waals surface area contributed by atoms with Gasteiger partial charge in [0.2, 0.25) is 0 Å². The maximum absolute atomic E-state index is 12.9. The fourth-order valence-corrected chi connectivity index (χ4v) is 2.42. The summed E-state index contributed by atoms with van der Waals surface area (Å²) in [6.07, 6.45) is 1.74. The van der Waals surface area contributed by atoms with Gasteiger partial charge in [0.25, 0.3) is 0 Å². The Hall–Kier alpha value is -3.19. The second-order valence-electron chi connectivity index (χ2n) is 5.66. The van der Waals surface area contributed by atoms with Crippen LogP contribution in [0.4, 0.5) is 4.79 Å². The third kappa shape index (κ3) is 5.39. The molecular weight excluding hydrogens is 352 g/mol. The lowest BCUT2D eigenvalue weighted by molar-refractivity contribution is -0.182. The Morgan fingerprint density at radius 3 is 2.19 bits per heavy atom. The molecule has 2 aromatic rings. The molecule has 27 heavy (non-hydrogen) atoms. The fourth-order valence-electron chi connectivity index (χ4n) is 2.42. The molecule has 0 heterocycles. The van der Waals surface area contributed by atoms with Crippen LogP contribution in [0.15, 0.2) is 48.5 Å². The van der Waals surface area contributed by atoms with Crippen LogP contribution in [-0.4, -0.2) is 29.8 Å². The summed E-state index contributed by atoms with van der Waals surface area (Å²) in [6.45, 7) is 2.26. The molecule has 2 aromatic carbocycles. The molecule has 7 nitrogen and oxygen atoms in total. The van der Waals surface area contributed by atoms with Gasteiger partial charge in [-0.3, -0.25) is 9.68 Å². The van der Waals surface area contributed by atoms with Crippen LogP contribution in [0.3, 0.4) is 0 Å². The van der Waals surface area contributed by atoms with Crippen LogP contribution in [0.2, 0.25) is 0 Å². The topological polar surface area (TPSA) is 99.1 Å². The molecule has 0 aliphatic heterocycles. The Bertz CT molecular complexity index is 813. The van der Waals surface area contributed by atoms with Crippen LogP contribution in [0.1, 0.15) is 52.5 Å². The van der Waals surface area contributed by atoms with Gasteiger partial charge in [-0.25, -0.2) is 9.59 Å². The smallest absolute Gasteiger partial charge is 0.434 e. The van der Waals surface area contributed by atoms with Crippen molar-refractivity contribution in [2.45, 2.75) is 26.2 Å². The number of ketones is 1. The van der Waals surface area contributed by atoms with Gasteiger partial charge in [0.05, 0.1) is 17.7 Å². The first-order valence-corrected chi connectivity index (χ1v) is 8.51. The number of carbonyl (C=O) groups is 3. The van der Waals surface area contributed by atoms with Gasteiger partial charge < -0.3 is 9.47 Å². The molecule has 0 fully saturated rings. The predicted molar refractivity (Wildman–Crippen MR) is 95.9 cm³/mol. The average molecular weight is 372 g/mol. The van der Waals surface area contributed by atoms with Crippen molar-refractivity contribution in [1.29, 1.82) is 0 Å². The van der Waals surface area contributed by atoms with Crippen LogP contribution >= 0.6 is 0 Å². The van der Waals surface area contributed by atoms with Crippen LogP contribution in [0.5, 0.6) is 5.75 Å². The standard InChI is InChI=1S/C20H20O7/c1-2-3-8-13-25-20(23)26-17-12-7-6-11-16(17)18(21)14-9-4-5-10-15(14)19(22)27-24/h4-7,9-12,24H,2-3,8,13H2,1H3. The van der Waals surface area contributed by atoms with E-state index in [0.29, 0.717) is 0 Å². The number of ether oxygens (including phenoxy) is 2. The summed E-state index contributed by atoms with van der Waals surface area (Å²) in [5.41, 5.74) is -0.0351. The van der Waals surface area contributed by atoms with E-state index in [-0.39, 0.29) is 29.0 Å². The van der Waals surface area contributed by atoms with E-state index < -0.39 is 17.9 Å². The minimum absolute atomic E-state index is 0.00362. The summed E-state index contributed by atoms with van der Waals surface area (Å²) in [7, 11) is 0. The maximum atomic E-state index is 12.9. The van der Waals surface area contributed by atoms with Gasteiger partial charge in [-0.15, -0.1) is 0 Å². The molecule has 0 radical (unpaired) electrons. The predicted octanol–water partition coefficient (Wildman–Crippen LogP) is 4.25. The van der Waals surface area contributed by atoms with E-state index in [1.54, 1.807) is 18.2 Å². The van der Waals surface area contributed by atoms with Crippen molar-refractivity contribution < 1.29 is 34.0 Å². The zero-order valence-electron chi connectivity index (χ0n) is 14.8. The Balaban J connectivity index is 2.22. The van der Waals surface area contributed by atoms with Crippen LogP contribution in [0, 0.1) is 0 Å². The number of carbonyl (C=O) groups excluding carboxylic acids is 3. The lowest BCUT2D eigenvalue weighted by Gasteiger charge is -2.11. The molecule has 0 bridgehead atoms. The zero-order chi connectivity index (χ0) is 19.6. The summed E-state index contributed by atoms with van der Waals surface area (Å²) in [4.78, 5) is 40.1. The number of hydrogen-bond acceptors (Lipinski definition) is 7. The minimum atomic E-state index is -1.06. The quantitative estimate of drug-likeness (QED) is 0.185. The molecule has 1 N–H and O–H groups in total. The van der Waals surface area contributed by atoms with Gasteiger partial charge >= 0.3 is 12.1 Å². The number of para-hydroxylation sites is 1. The Morgan fingerprint density at radius 2 is 1.52 bits per heavy atom. The van der Waals surface area contributed by atoms with Crippen molar-refractivity contribution in [1.82, 2.24) is 0 Å². The Labute approximate surface area is 156 Å². The fraction of sp³-hybridized carbons (Fsp3) is 0.250. The molecule has 0 saturated carbocycles. The van der Waals surface area contributed by atoms with E-state index in [0.717, 1.165) is 19.3 Å². The number of hydrogen-bond donors (Lipinski definition) is 1. The molecule has 0 spiro atoms. The van der Waals surface area contributed by atoms with Gasteiger partial charge in [0, 0.05) is 5.56 Å². The van der Waals surface area contributed by atoms with Gasteiger partial charge in [-0.1, -0.05) is 50.1 Å². The average Bonchev–Trinajstić information content (AvgIpc) is 2.70. The van der Waals surface area contributed by atoms with Gasteiger partial charge in [-0.05, 0) is 24.6 Å². The molecule has 0 aliphatic carbocycles. The molecule has 0 aromatic heterocycles. The highest BCUT2D eigenvalue weighted by atomic mass is 17.1. The minimum Gasteiger partial charge on any atom is -0.434 e. The summed E-state index contributed by atoms with van der Waals surface area (Å²) >= 11 is 0. The first kappa shape index (κ1) is 20.1. The third-order valence-corrected chi connectivity index (χ3v) is 3.77. The summed E-state index contributed by atoms with van der Waals surface area (Å²) < 4.78 is 10.1. The monoisotopic (exact) mass is 372 g/mol. The molecular formula is C20H20O7. The zero-order valence-corrected chi connectivity index (χ0v) is 14.8. The molecule has 0 unspecified atom stereocenters. The highest BCUT2D eigenvalue weighted by Crippen LogP contribution is 2.24. The van der Waals surface area contributed by atoms with Crippen molar-refractivity contribution in [3.63, 3.8) is 0 Å². The SMILES string of the molecule is CCCCCOC(=O)Oc1ccccc1C(=O)c1ccccc1C(=O)OO. The van der Waals surface area contributed by atoms with E-state index in [2.05, 4.69) is 4.89 Å². The summed E-state index contributed by atoms with van der Waals surface area (Å²) in [5, 5.41) is 8.61. The van der Waals surface area contributed by atoms with E-state index in [9.17, 15) is 14.4 Å². The number of unbranched alkanes of at least 4 members (excludes halogenated alkanes) is 2. The molecule has 0 aliphatic rings. The molecule has 0 saturated heterocycles. The highest BCUT2D eigenvalue weighted by molar-refractivity contribution is 6.15. The van der Waals surface area contributed by atoms with Crippen molar-refractivity contribution in [3.05, 3.63) is 65.2 Å². The van der Waals surface area contributed by atoms with Gasteiger partial charge in [-0.2, -0.15) is 5.26 Å². The lowest BCUT2D eigenvalue weighted by atomic mass is 9.98. The molecule has 7 heteroatoms. The largest absolute Gasteiger partial charge is 0.513 e. The van der Waals surface area contributed by atoms with Crippen molar-refractivity contribution >= 4 is 17.9 Å². The normalized spacial score (nSPS) is 10.1. The van der Waals surface area contributed by atoms with Crippen molar-refractivity contribution in [3.8, 4) is 5.75 Å². The Morgan fingerprint density at radius 1 is 0.889 bits per heavy atom. The second-order valence-corrected chi connectivity index (χ2v) is 5.66. The van der Waals surface area contributed by atoms with Gasteiger partial charge in [0.1, 0.15) is 5.75 Å². The maximum Gasteiger partial charge on any atom is 0.513 e. The van der Waals surface area contributed by atoms with Crippen LogP contribution in [-0.2, 0) is 9.62 Å². The van der Waals surface area contributed by atoms with E-state index >= 15 is 0 Å². The second kappa shape index (κ2) is 10.1. The Kier molecular flexibility index (Phi) is 7.51. The molecule has 142 valence electrons. The van der Waals surface area contributed by atoms with Crippen LogP contribution < -0.4 is 4.74 Å². The van der Waals surface area contributed by atoms with E-state index in [4.69, 9.17) is 14.7 Å². The van der Waals surface area contributed by atoms with Crippen molar-refractivity contribution in [2.75, 3.05) is 6.61 Å². The summed E-state index contributed by atoms with van der Waals surface area (Å²) in [6, 6.07) is 12.0. The lowest BCUT2D eigenvalue weighted by Crippen LogP contribution is -2.15. The highest BCUT2D eigenvalue weighted by Gasteiger charge is 2.22. The van der Waals surface area contributed by atoms with Crippen molar-refractivity contribution in [2.24, 2.45) is 0 Å². The molecule has 0 atom stereocenters. The number of rotatable bonds is 8. The van der Waals surface area contributed by atoms with Gasteiger partial charge in [0.15, 0.2) is 5.78 Å².